The standard InChI is InChI=1S/C18H16O7/c1-9(18(21)23-3)24-10-7-12(19)15-14(8-10)25-17-11(16(15)20)5-4-6-13(17)22-2/h4-9,19H,1-3H3. The number of benzene rings is 2. The van der Waals surface area contributed by atoms with Crippen LogP contribution in [-0.4, -0.2) is 31.4 Å². The molecule has 2 aromatic carbocycles. The lowest BCUT2D eigenvalue weighted by Crippen LogP contribution is -2.24. The fourth-order valence-electron chi connectivity index (χ4n) is 2.58. The van der Waals surface area contributed by atoms with Crippen LogP contribution in [-0.2, 0) is 9.53 Å². The predicted octanol–water partition coefficient (Wildman–Crippen LogP) is 2.60. The van der Waals surface area contributed by atoms with Gasteiger partial charge in [-0.15, -0.1) is 0 Å². The van der Waals surface area contributed by atoms with E-state index in [1.54, 1.807) is 18.2 Å². The Bertz CT molecular complexity index is 1020. The van der Waals surface area contributed by atoms with Crippen LogP contribution >= 0.6 is 0 Å². The summed E-state index contributed by atoms with van der Waals surface area (Å²) in [4.78, 5) is 24.2. The number of para-hydroxylation sites is 1. The summed E-state index contributed by atoms with van der Waals surface area (Å²) in [5.41, 5.74) is -0.00523. The second-order valence-electron chi connectivity index (χ2n) is 5.37. The summed E-state index contributed by atoms with van der Waals surface area (Å²) in [6.45, 7) is 1.51. The summed E-state index contributed by atoms with van der Waals surface area (Å²) < 4.78 is 21.0. The van der Waals surface area contributed by atoms with Gasteiger partial charge in [-0.3, -0.25) is 4.79 Å². The zero-order valence-electron chi connectivity index (χ0n) is 13.9. The van der Waals surface area contributed by atoms with E-state index in [1.807, 2.05) is 0 Å². The molecule has 0 fully saturated rings. The Balaban J connectivity index is 2.21. The van der Waals surface area contributed by atoms with Crippen LogP contribution in [0, 0.1) is 0 Å². The molecule has 0 saturated carbocycles. The number of rotatable bonds is 4. The number of methoxy groups -OCH3 is 2. The van der Waals surface area contributed by atoms with Crippen molar-refractivity contribution in [2.24, 2.45) is 0 Å². The summed E-state index contributed by atoms with van der Waals surface area (Å²) in [6, 6.07) is 7.60. The van der Waals surface area contributed by atoms with E-state index in [1.165, 1.54) is 33.3 Å². The van der Waals surface area contributed by atoms with Crippen LogP contribution in [0.1, 0.15) is 6.92 Å². The first kappa shape index (κ1) is 16.6. The second kappa shape index (κ2) is 6.35. The van der Waals surface area contributed by atoms with Gasteiger partial charge in [0.25, 0.3) is 0 Å². The van der Waals surface area contributed by atoms with Crippen LogP contribution in [0.5, 0.6) is 17.2 Å². The maximum atomic E-state index is 12.7. The highest BCUT2D eigenvalue weighted by atomic mass is 16.6. The van der Waals surface area contributed by atoms with Crippen molar-refractivity contribution in [2.75, 3.05) is 14.2 Å². The van der Waals surface area contributed by atoms with Gasteiger partial charge in [0.2, 0.25) is 5.43 Å². The van der Waals surface area contributed by atoms with E-state index in [0.29, 0.717) is 11.1 Å². The van der Waals surface area contributed by atoms with Crippen molar-refractivity contribution >= 4 is 27.9 Å². The highest BCUT2D eigenvalue weighted by Crippen LogP contribution is 2.33. The largest absolute Gasteiger partial charge is 0.507 e. The molecule has 1 heterocycles. The van der Waals surface area contributed by atoms with Crippen LogP contribution < -0.4 is 14.9 Å². The van der Waals surface area contributed by atoms with Gasteiger partial charge >= 0.3 is 5.97 Å². The van der Waals surface area contributed by atoms with Crippen LogP contribution in [0.3, 0.4) is 0 Å². The first-order chi connectivity index (χ1) is 12.0. The maximum absolute atomic E-state index is 12.7. The van der Waals surface area contributed by atoms with E-state index in [0.717, 1.165) is 0 Å². The molecule has 130 valence electrons. The average molecular weight is 344 g/mol. The predicted molar refractivity (Wildman–Crippen MR) is 90.3 cm³/mol. The smallest absolute Gasteiger partial charge is 0.346 e. The lowest BCUT2D eigenvalue weighted by atomic mass is 10.1. The summed E-state index contributed by atoms with van der Waals surface area (Å²) >= 11 is 0. The highest BCUT2D eigenvalue weighted by Gasteiger charge is 2.19. The molecule has 0 spiro atoms. The van der Waals surface area contributed by atoms with Gasteiger partial charge in [-0.2, -0.15) is 0 Å². The van der Waals surface area contributed by atoms with Gasteiger partial charge < -0.3 is 23.7 Å². The van der Waals surface area contributed by atoms with E-state index in [2.05, 4.69) is 4.74 Å². The van der Waals surface area contributed by atoms with E-state index in [-0.39, 0.29) is 33.5 Å². The van der Waals surface area contributed by atoms with Crippen LogP contribution in [0.25, 0.3) is 21.9 Å². The summed E-state index contributed by atoms with van der Waals surface area (Å²) in [7, 11) is 2.71. The summed E-state index contributed by atoms with van der Waals surface area (Å²) in [6.07, 6.45) is -0.886. The van der Waals surface area contributed by atoms with Gasteiger partial charge in [-0.05, 0) is 19.1 Å². The van der Waals surface area contributed by atoms with E-state index < -0.39 is 12.1 Å². The van der Waals surface area contributed by atoms with E-state index in [9.17, 15) is 14.7 Å². The molecular weight excluding hydrogens is 328 g/mol. The molecule has 0 bridgehead atoms. The van der Waals surface area contributed by atoms with Crippen LogP contribution in [0.4, 0.5) is 0 Å². The number of phenols is 1. The minimum absolute atomic E-state index is 0.0267. The molecule has 0 amide bonds. The van der Waals surface area contributed by atoms with Gasteiger partial charge in [0, 0.05) is 12.1 Å². The Labute approximate surface area is 142 Å². The number of carbonyl (C=O) groups is 1. The molecule has 0 aliphatic heterocycles. The normalized spacial score (nSPS) is 12.1. The number of phenolic OH excluding ortho intramolecular Hbond substituents is 1. The van der Waals surface area contributed by atoms with Crippen molar-refractivity contribution in [1.29, 1.82) is 0 Å². The van der Waals surface area contributed by atoms with Gasteiger partial charge in [0.15, 0.2) is 17.4 Å². The molecule has 0 radical (unpaired) electrons. The average Bonchev–Trinajstić information content (AvgIpc) is 2.60. The van der Waals surface area contributed by atoms with Gasteiger partial charge in [-0.25, -0.2) is 4.79 Å². The Kier molecular flexibility index (Phi) is 4.22. The Morgan fingerprint density at radius 3 is 2.68 bits per heavy atom. The van der Waals surface area contributed by atoms with Crippen molar-refractivity contribution in [3.05, 3.63) is 40.6 Å². The second-order valence-corrected chi connectivity index (χ2v) is 5.37. The number of esters is 1. The Hall–Kier alpha value is -3.22. The van der Waals surface area contributed by atoms with Crippen LogP contribution in [0.15, 0.2) is 39.5 Å². The zero-order chi connectivity index (χ0) is 18.1. The molecule has 25 heavy (non-hydrogen) atoms. The Morgan fingerprint density at radius 1 is 1.24 bits per heavy atom. The molecule has 0 aliphatic rings. The van der Waals surface area contributed by atoms with Crippen molar-refractivity contribution in [1.82, 2.24) is 0 Å². The van der Waals surface area contributed by atoms with Crippen molar-refractivity contribution < 1.29 is 28.5 Å². The van der Waals surface area contributed by atoms with Gasteiger partial charge in [0.05, 0.1) is 19.6 Å². The molecular formula is C18H16O7. The van der Waals surface area contributed by atoms with Gasteiger partial charge in [0.1, 0.15) is 22.5 Å². The molecule has 0 saturated heterocycles. The number of hydrogen-bond donors (Lipinski definition) is 1. The molecule has 7 nitrogen and oxygen atoms in total. The highest BCUT2D eigenvalue weighted by molar-refractivity contribution is 5.95. The SMILES string of the molecule is COC(=O)C(C)Oc1cc(O)c2c(=O)c3cccc(OC)c3oc2c1. The minimum Gasteiger partial charge on any atom is -0.507 e. The lowest BCUT2D eigenvalue weighted by Gasteiger charge is -2.13. The fraction of sp³-hybridized carbons (Fsp3) is 0.222. The topological polar surface area (TPSA) is 95.2 Å². The number of fused-ring (bicyclic) bond motifs is 2. The molecule has 3 aromatic rings. The molecule has 1 unspecified atom stereocenters. The molecule has 0 aliphatic carbocycles. The first-order valence-corrected chi connectivity index (χ1v) is 7.47. The molecule has 3 rings (SSSR count). The number of carbonyl (C=O) groups excluding carboxylic acids is 1. The quantitative estimate of drug-likeness (QED) is 0.574. The van der Waals surface area contributed by atoms with Crippen molar-refractivity contribution in [3.8, 4) is 17.2 Å². The summed E-state index contributed by atoms with van der Waals surface area (Å²) in [5, 5.41) is 10.6. The molecule has 1 N–H and O–H groups in total. The van der Waals surface area contributed by atoms with E-state index in [4.69, 9.17) is 13.9 Å². The fourth-order valence-corrected chi connectivity index (χ4v) is 2.58. The summed E-state index contributed by atoms with van der Waals surface area (Å²) in [5.74, 6) is -0.310. The van der Waals surface area contributed by atoms with Crippen molar-refractivity contribution in [3.63, 3.8) is 0 Å². The lowest BCUT2D eigenvalue weighted by molar-refractivity contribution is -0.147. The van der Waals surface area contributed by atoms with Gasteiger partial charge in [-0.1, -0.05) is 6.07 Å². The minimum atomic E-state index is -0.886. The van der Waals surface area contributed by atoms with E-state index >= 15 is 0 Å². The Morgan fingerprint density at radius 2 is 2.00 bits per heavy atom. The number of aromatic hydroxyl groups is 1. The number of hydrogen-bond acceptors (Lipinski definition) is 7. The number of ether oxygens (including phenoxy) is 3. The third-order valence-corrected chi connectivity index (χ3v) is 3.78. The zero-order valence-corrected chi connectivity index (χ0v) is 13.9. The third-order valence-electron chi connectivity index (χ3n) is 3.78. The first-order valence-electron chi connectivity index (χ1n) is 7.47. The molecule has 7 heteroatoms. The van der Waals surface area contributed by atoms with Crippen molar-refractivity contribution in [2.45, 2.75) is 13.0 Å². The third kappa shape index (κ3) is 2.84. The van der Waals surface area contributed by atoms with Crippen LogP contribution in [0.2, 0.25) is 0 Å². The maximum Gasteiger partial charge on any atom is 0.346 e. The molecule has 1 aromatic heterocycles. The monoisotopic (exact) mass is 344 g/mol. The molecule has 1 atom stereocenters.